The van der Waals surface area contributed by atoms with Crippen LogP contribution in [0.1, 0.15) is 98.5 Å². The second kappa shape index (κ2) is 10.9. The monoisotopic (exact) mass is 554 g/mol. The largest absolute Gasteiger partial charge is 0.414 e. The minimum absolute atomic E-state index is 0.187. The number of fused-ring (bicyclic) bond motifs is 5. The van der Waals surface area contributed by atoms with Gasteiger partial charge in [0.25, 0.3) is 0 Å². The molecule has 0 unspecified atom stereocenters. The fraction of sp³-hybridized carbons (Fsp3) is 0.829. The molecule has 0 amide bonds. The highest BCUT2D eigenvalue weighted by Gasteiger charge is 2.63. The molecule has 4 heteroatoms. The van der Waals surface area contributed by atoms with Crippen LogP contribution in [-0.2, 0) is 15.8 Å². The summed E-state index contributed by atoms with van der Waals surface area (Å²) in [5, 5.41) is 11.8. The van der Waals surface area contributed by atoms with Gasteiger partial charge in [0.15, 0.2) is 8.32 Å². The molecule has 4 saturated carbocycles. The molecule has 5 rings (SSSR count). The Morgan fingerprint density at radius 2 is 1.64 bits per heavy atom. The standard InChI is InChI=1S/C35H58O3Si/c1-24(22-37-23-25-12-10-9-11-13-25)32-31(36)21-30-28-15-14-26-20-27(38-39(7,8)33(2,3)4)16-18-34(26,5)29(28)17-19-35(30,32)6/h9-13,24,26-32,36H,14-23H2,1-8H3/t24-,26-,27-,28+,29-,30-,31+,32-,34-,35-/m0/s1. The molecule has 0 saturated heterocycles. The van der Waals surface area contributed by atoms with E-state index in [2.05, 4.69) is 85.0 Å². The fourth-order valence-electron chi connectivity index (χ4n) is 10.0. The molecule has 39 heavy (non-hydrogen) atoms. The Labute approximate surface area is 241 Å². The smallest absolute Gasteiger partial charge is 0.192 e. The predicted molar refractivity (Wildman–Crippen MR) is 164 cm³/mol. The van der Waals surface area contributed by atoms with E-state index in [-0.39, 0.29) is 16.6 Å². The normalized spacial score (nSPS) is 41.4. The maximum Gasteiger partial charge on any atom is 0.192 e. The highest BCUT2D eigenvalue weighted by atomic mass is 28.4. The number of hydrogen-bond acceptors (Lipinski definition) is 3. The van der Waals surface area contributed by atoms with Crippen molar-refractivity contribution >= 4 is 8.32 Å². The first kappa shape index (κ1) is 29.8. The third-order valence-electron chi connectivity index (χ3n) is 13.1. The minimum atomic E-state index is -1.73. The Balaban J connectivity index is 1.24. The maximum atomic E-state index is 11.5. The maximum absolute atomic E-state index is 11.5. The highest BCUT2D eigenvalue weighted by molar-refractivity contribution is 6.74. The fourth-order valence-corrected chi connectivity index (χ4v) is 11.4. The van der Waals surface area contributed by atoms with E-state index < -0.39 is 8.32 Å². The average Bonchev–Trinajstić information content (AvgIpc) is 3.14. The lowest BCUT2D eigenvalue weighted by atomic mass is 9.44. The van der Waals surface area contributed by atoms with Crippen LogP contribution in [0.2, 0.25) is 18.1 Å². The van der Waals surface area contributed by atoms with E-state index in [4.69, 9.17) is 9.16 Å². The van der Waals surface area contributed by atoms with Gasteiger partial charge in [-0.1, -0.05) is 71.9 Å². The van der Waals surface area contributed by atoms with Crippen LogP contribution < -0.4 is 0 Å². The van der Waals surface area contributed by atoms with Gasteiger partial charge >= 0.3 is 0 Å². The van der Waals surface area contributed by atoms with Gasteiger partial charge in [0.05, 0.1) is 12.7 Å². The molecule has 0 bridgehead atoms. The van der Waals surface area contributed by atoms with Crippen molar-refractivity contribution in [3.8, 4) is 0 Å². The molecule has 4 aliphatic carbocycles. The Morgan fingerprint density at radius 3 is 2.33 bits per heavy atom. The molecule has 1 aromatic carbocycles. The number of rotatable bonds is 7. The van der Waals surface area contributed by atoms with Gasteiger partial charge in [-0.15, -0.1) is 0 Å². The summed E-state index contributed by atoms with van der Waals surface area (Å²) in [5.74, 6) is 3.79. The number of aliphatic hydroxyl groups excluding tert-OH is 1. The molecule has 0 aromatic heterocycles. The van der Waals surface area contributed by atoms with Crippen LogP contribution >= 0.6 is 0 Å². The van der Waals surface area contributed by atoms with E-state index in [0.29, 0.717) is 35.9 Å². The van der Waals surface area contributed by atoms with Crippen molar-refractivity contribution in [3.05, 3.63) is 35.9 Å². The summed E-state index contributed by atoms with van der Waals surface area (Å²) in [6.45, 7) is 20.9. The molecule has 1 aromatic rings. The van der Waals surface area contributed by atoms with Gasteiger partial charge in [-0.2, -0.15) is 0 Å². The van der Waals surface area contributed by atoms with E-state index >= 15 is 0 Å². The summed E-state index contributed by atoms with van der Waals surface area (Å²) in [6, 6.07) is 10.5. The van der Waals surface area contributed by atoms with Crippen LogP contribution in [0.5, 0.6) is 0 Å². The molecule has 0 heterocycles. The quantitative estimate of drug-likeness (QED) is 0.342. The van der Waals surface area contributed by atoms with Gasteiger partial charge in [0, 0.05) is 12.7 Å². The second-order valence-corrected chi connectivity index (χ2v) is 21.0. The molecule has 220 valence electrons. The molecule has 4 fully saturated rings. The average molecular weight is 555 g/mol. The van der Waals surface area contributed by atoms with Gasteiger partial charge in [-0.3, -0.25) is 0 Å². The van der Waals surface area contributed by atoms with Gasteiger partial charge in [0.1, 0.15) is 0 Å². The second-order valence-electron chi connectivity index (χ2n) is 16.3. The van der Waals surface area contributed by atoms with Crippen molar-refractivity contribution in [2.24, 2.45) is 46.3 Å². The summed E-state index contributed by atoms with van der Waals surface area (Å²) < 4.78 is 13.2. The predicted octanol–water partition coefficient (Wildman–Crippen LogP) is 8.86. The van der Waals surface area contributed by atoms with Crippen molar-refractivity contribution in [1.82, 2.24) is 0 Å². The van der Waals surface area contributed by atoms with E-state index in [0.717, 1.165) is 30.8 Å². The summed E-state index contributed by atoms with van der Waals surface area (Å²) >= 11 is 0. The van der Waals surface area contributed by atoms with Crippen molar-refractivity contribution in [3.63, 3.8) is 0 Å². The summed E-state index contributed by atoms with van der Waals surface area (Å²) in [7, 11) is -1.73. The minimum Gasteiger partial charge on any atom is -0.414 e. The number of ether oxygens (including phenoxy) is 1. The lowest BCUT2D eigenvalue weighted by molar-refractivity contribution is -0.130. The number of hydrogen-bond donors (Lipinski definition) is 1. The number of benzene rings is 1. The first-order chi connectivity index (χ1) is 18.3. The first-order valence-corrected chi connectivity index (χ1v) is 19.1. The van der Waals surface area contributed by atoms with Crippen molar-refractivity contribution in [1.29, 1.82) is 0 Å². The first-order valence-electron chi connectivity index (χ1n) is 16.2. The van der Waals surface area contributed by atoms with Crippen LogP contribution in [0.3, 0.4) is 0 Å². The third kappa shape index (κ3) is 5.46. The molecular weight excluding hydrogens is 496 g/mol. The lowest BCUT2D eigenvalue weighted by Gasteiger charge is -2.61. The van der Waals surface area contributed by atoms with Crippen molar-refractivity contribution in [2.75, 3.05) is 6.61 Å². The topological polar surface area (TPSA) is 38.7 Å². The molecule has 0 aliphatic heterocycles. The zero-order chi connectivity index (χ0) is 28.2. The van der Waals surface area contributed by atoms with E-state index in [1.807, 2.05) is 0 Å². The lowest BCUT2D eigenvalue weighted by Crippen LogP contribution is -2.55. The summed E-state index contributed by atoms with van der Waals surface area (Å²) in [5.41, 5.74) is 1.92. The van der Waals surface area contributed by atoms with Crippen LogP contribution in [0.4, 0.5) is 0 Å². The van der Waals surface area contributed by atoms with Crippen molar-refractivity contribution in [2.45, 2.75) is 130 Å². The van der Waals surface area contributed by atoms with Gasteiger partial charge in [-0.25, -0.2) is 0 Å². The van der Waals surface area contributed by atoms with Gasteiger partial charge < -0.3 is 14.3 Å². The van der Waals surface area contributed by atoms with Crippen LogP contribution in [0.15, 0.2) is 30.3 Å². The molecule has 4 aliphatic rings. The van der Waals surface area contributed by atoms with Crippen LogP contribution in [0.25, 0.3) is 0 Å². The molecule has 1 N–H and O–H groups in total. The number of aliphatic hydroxyl groups is 1. The Morgan fingerprint density at radius 1 is 0.949 bits per heavy atom. The van der Waals surface area contributed by atoms with E-state index in [1.54, 1.807) is 0 Å². The van der Waals surface area contributed by atoms with Gasteiger partial charge in [0.2, 0.25) is 0 Å². The Hall–Kier alpha value is -0.683. The van der Waals surface area contributed by atoms with Gasteiger partial charge in [-0.05, 0) is 121 Å². The SMILES string of the molecule is C[C@@H](COCc1ccccc1)[C@H]1[C@H](O)C[C@H]2[C@@H]3CC[C@H]4C[C@@H](O[Si](C)(C)C(C)(C)C)CC[C@]4(C)[C@H]3CC[C@]12C. The Kier molecular flexibility index (Phi) is 8.30. The van der Waals surface area contributed by atoms with Crippen LogP contribution in [-0.4, -0.2) is 32.2 Å². The molecule has 0 spiro atoms. The molecule has 10 atom stereocenters. The molecule has 0 radical (unpaired) electrons. The third-order valence-corrected chi connectivity index (χ3v) is 17.6. The Bertz CT molecular complexity index is 972. The zero-order valence-electron chi connectivity index (χ0n) is 26.3. The highest BCUT2D eigenvalue weighted by Crippen LogP contribution is 2.68. The van der Waals surface area contributed by atoms with Crippen LogP contribution in [0, 0.1) is 46.3 Å². The van der Waals surface area contributed by atoms with Crippen molar-refractivity contribution < 1.29 is 14.3 Å². The van der Waals surface area contributed by atoms with E-state index in [9.17, 15) is 5.11 Å². The molecule has 3 nitrogen and oxygen atoms in total. The van der Waals surface area contributed by atoms with E-state index in [1.165, 1.54) is 50.5 Å². The summed E-state index contributed by atoms with van der Waals surface area (Å²) in [4.78, 5) is 0. The molecular formula is C35H58O3Si. The zero-order valence-corrected chi connectivity index (χ0v) is 27.3. The summed E-state index contributed by atoms with van der Waals surface area (Å²) in [6.07, 6.45) is 10.5.